The van der Waals surface area contributed by atoms with Gasteiger partial charge in [0.1, 0.15) is 0 Å². The number of nitrogens with two attached hydrogens (primary N) is 1. The van der Waals surface area contributed by atoms with Gasteiger partial charge in [0, 0.05) is 29.9 Å². The molecule has 0 spiro atoms. The highest BCUT2D eigenvalue weighted by atomic mass is 32.2. The fourth-order valence-corrected chi connectivity index (χ4v) is 11.0. The fourth-order valence-electron chi connectivity index (χ4n) is 9.66. The Balaban J connectivity index is 0.000000146. The van der Waals surface area contributed by atoms with Crippen LogP contribution in [0.3, 0.4) is 0 Å². The van der Waals surface area contributed by atoms with Crippen molar-refractivity contribution >= 4 is 43.5 Å². The molecule has 4 aromatic rings. The van der Waals surface area contributed by atoms with Crippen LogP contribution in [0.4, 0.5) is 16.2 Å². The third-order valence-electron chi connectivity index (χ3n) is 13.8. The van der Waals surface area contributed by atoms with Crippen molar-refractivity contribution in [2.24, 2.45) is 10.1 Å². The molecule has 2 unspecified atom stereocenters. The van der Waals surface area contributed by atoms with Crippen LogP contribution < -0.4 is 15.2 Å². The Bertz CT molecular complexity index is 2660. The van der Waals surface area contributed by atoms with Crippen LogP contribution in [-0.4, -0.2) is 86.5 Å². The Morgan fingerprint density at radius 2 is 1.09 bits per heavy atom. The van der Waals surface area contributed by atoms with Crippen molar-refractivity contribution in [3.8, 4) is 0 Å². The number of aliphatic imine (C=N–C) groups is 1. The molecular weight excluding hydrogens is 853 g/mol. The zero-order valence-electron chi connectivity index (χ0n) is 37.9. The number of aromatic nitrogens is 4. The van der Waals surface area contributed by atoms with E-state index in [1.165, 1.54) is 57.3 Å². The highest BCUT2D eigenvalue weighted by molar-refractivity contribution is 7.90. The zero-order chi connectivity index (χ0) is 45.7. The summed E-state index contributed by atoms with van der Waals surface area (Å²) in [7, 11) is -0.00709. The van der Waals surface area contributed by atoms with E-state index in [4.69, 9.17) is 5.14 Å². The molecule has 4 N–H and O–H groups in total. The Kier molecular flexibility index (Phi) is 13.1. The molecule has 0 bridgehead atoms. The molecule has 2 fully saturated rings. The van der Waals surface area contributed by atoms with Gasteiger partial charge in [0.2, 0.25) is 6.08 Å². The smallest absolute Gasteiger partial charge is 0.307 e. The van der Waals surface area contributed by atoms with Gasteiger partial charge in [-0.1, -0.05) is 12.1 Å². The largest absolute Gasteiger partial charge is 0.333 e. The first-order chi connectivity index (χ1) is 30.4. The van der Waals surface area contributed by atoms with Crippen molar-refractivity contribution < 1.29 is 26.4 Å². The summed E-state index contributed by atoms with van der Waals surface area (Å²) in [6.07, 6.45) is 18.7. The third kappa shape index (κ3) is 9.63. The number of urea groups is 1. The normalized spacial score (nSPS) is 18.2. The number of anilines is 1. The van der Waals surface area contributed by atoms with Crippen LogP contribution in [0.25, 0.3) is 0 Å². The first kappa shape index (κ1) is 45.8. The fraction of sp³-hybridized carbons (Fsp3) is 0.565. The van der Waals surface area contributed by atoms with E-state index in [1.807, 2.05) is 61.2 Å². The van der Waals surface area contributed by atoms with E-state index in [2.05, 4.69) is 37.4 Å². The topological polar surface area (TPSA) is 207 Å². The summed E-state index contributed by atoms with van der Waals surface area (Å²) in [4.78, 5) is 31.3. The number of nitrogens with zero attached hydrogens (tertiary/aromatic N) is 7. The van der Waals surface area contributed by atoms with Crippen LogP contribution >= 0.6 is 0 Å². The lowest BCUT2D eigenvalue weighted by molar-refractivity contribution is 0.256. The molecule has 344 valence electrons. The van der Waals surface area contributed by atoms with E-state index in [1.54, 1.807) is 18.2 Å². The van der Waals surface area contributed by atoms with Crippen molar-refractivity contribution in [3.63, 3.8) is 0 Å². The third-order valence-corrected chi connectivity index (χ3v) is 15.8. The molecule has 2 heterocycles. The minimum atomic E-state index is -4.09. The molecule has 0 aliphatic heterocycles. The Morgan fingerprint density at radius 3 is 1.50 bits per heavy atom. The van der Waals surface area contributed by atoms with Crippen LogP contribution in [-0.2, 0) is 76.2 Å². The molecule has 6 aliphatic carbocycles. The van der Waals surface area contributed by atoms with Gasteiger partial charge in [-0.25, -0.2) is 27.9 Å². The van der Waals surface area contributed by atoms with Gasteiger partial charge < -0.3 is 15.1 Å². The van der Waals surface area contributed by atoms with Crippen LogP contribution in [0.2, 0.25) is 0 Å². The molecule has 2 aromatic heterocycles. The number of benzene rings is 2. The monoisotopic (exact) mass is 914 g/mol. The summed E-state index contributed by atoms with van der Waals surface area (Å²) >= 11 is 0. The summed E-state index contributed by atoms with van der Waals surface area (Å²) in [5.74, 6) is 0. The van der Waals surface area contributed by atoms with Crippen LogP contribution in [0.1, 0.15) is 145 Å². The maximum Gasteiger partial charge on any atom is 0.333 e. The summed E-state index contributed by atoms with van der Waals surface area (Å²) in [6, 6.07) is 7.77. The molecular formula is C46H62N10O6S2. The van der Waals surface area contributed by atoms with Crippen LogP contribution in [0, 0.1) is 0 Å². The van der Waals surface area contributed by atoms with E-state index < -0.39 is 26.1 Å². The summed E-state index contributed by atoms with van der Waals surface area (Å²) in [5, 5.41) is 16.4. The van der Waals surface area contributed by atoms with Gasteiger partial charge in [-0.15, -0.1) is 0 Å². The number of sulfonamides is 2. The molecule has 0 radical (unpaired) electrons. The number of amides is 2. The molecule has 64 heavy (non-hydrogen) atoms. The summed E-state index contributed by atoms with van der Waals surface area (Å²) in [5.41, 5.74) is 13.9. The minimum Gasteiger partial charge on any atom is -0.307 e. The number of fused-ring (bicyclic) bond motifs is 4. The summed E-state index contributed by atoms with van der Waals surface area (Å²) < 4.78 is 54.6. The second kappa shape index (κ2) is 18.3. The van der Waals surface area contributed by atoms with E-state index in [9.17, 15) is 26.4 Å². The van der Waals surface area contributed by atoms with E-state index in [0.717, 1.165) is 113 Å². The second-order valence-corrected chi connectivity index (χ2v) is 21.8. The summed E-state index contributed by atoms with van der Waals surface area (Å²) in [6.45, 7) is 4.03. The van der Waals surface area contributed by atoms with Gasteiger partial charge in [0.25, 0.3) is 20.0 Å². The van der Waals surface area contributed by atoms with Crippen molar-refractivity contribution in [1.82, 2.24) is 34.1 Å². The highest BCUT2D eigenvalue weighted by Gasteiger charge is 2.34. The molecule has 16 nitrogen and oxygen atoms in total. The number of hydrogen-bond acceptors (Lipinski definition) is 11. The molecule has 6 aliphatic rings. The number of nitrogens with one attached hydrogen (secondary N) is 2. The van der Waals surface area contributed by atoms with Gasteiger partial charge in [-0.3, -0.25) is 9.36 Å². The van der Waals surface area contributed by atoms with Crippen LogP contribution in [0.15, 0.2) is 39.3 Å². The lowest BCUT2D eigenvalue weighted by Gasteiger charge is -2.20. The predicted molar refractivity (Wildman–Crippen MR) is 245 cm³/mol. The molecule has 10 rings (SSSR count). The lowest BCUT2D eigenvalue weighted by Crippen LogP contribution is -2.35. The van der Waals surface area contributed by atoms with Gasteiger partial charge in [0.15, 0.2) is 10.1 Å². The van der Waals surface area contributed by atoms with Gasteiger partial charge in [0.05, 0.1) is 29.2 Å². The van der Waals surface area contributed by atoms with Gasteiger partial charge >= 0.3 is 6.03 Å². The predicted octanol–water partition coefficient (Wildman–Crippen LogP) is 6.45. The van der Waals surface area contributed by atoms with Gasteiger partial charge in [-0.2, -0.15) is 23.6 Å². The number of carbonyl (C=O) groups is 1. The number of hydrogen-bond donors (Lipinski definition) is 3. The average Bonchev–Trinajstić information content (AvgIpc) is 3.74. The first-order valence-corrected chi connectivity index (χ1v) is 25.8. The van der Waals surface area contributed by atoms with Crippen LogP contribution in [0.5, 0.6) is 0 Å². The molecule has 18 heteroatoms. The quantitative estimate of drug-likeness (QED) is 0.111. The van der Waals surface area contributed by atoms with E-state index >= 15 is 0 Å². The standard InChI is InChI=1S/C23H31N5O3S.C13H13NO.C10H18N4O2S/c1-14(27(2)3)20-13-21(25-28(20)17-10-11-17)32(30,31)26-23(29)24-22-18-8-4-6-15(18)12-16-7-5-9-19(16)22;15-8-14-13-11-5-1-3-9(11)7-10-4-2-6-12(10)13;1-7(13(2)3)9-6-10(17(11,15)16)12-14(9)8-4-5-8/h12-14,17H,4-11H2,1-3H3,(H2,24,26,29);7H,1-6H2;6-8H,4-5H2,1-3H3,(H2,11,15,16). The number of carbonyl (C=O) groups excluding carboxylic acids is 2. The van der Waals surface area contributed by atoms with Crippen molar-refractivity contribution in [3.05, 3.63) is 80.2 Å². The van der Waals surface area contributed by atoms with Gasteiger partial charge in [-0.05, 0) is 189 Å². The molecule has 2 saturated carbocycles. The van der Waals surface area contributed by atoms with Crippen molar-refractivity contribution in [2.75, 3.05) is 33.5 Å². The SMILES string of the molecule is CC(c1cc(S(=O)(=O)NC(=O)Nc2c3c(cc4c2CCC4)CCC3)nn1C1CC1)N(C)C.CC(c1cc(S(N)(=O)=O)nn1C1CC1)N(C)C.O=C=Nc1c2c(cc3c1CCC3)CCC2. The molecule has 2 aromatic carbocycles. The number of primary sulfonamides is 1. The Morgan fingerprint density at radius 1 is 0.688 bits per heavy atom. The number of rotatable bonds is 11. The van der Waals surface area contributed by atoms with E-state index in [-0.39, 0.29) is 28.2 Å². The first-order valence-electron chi connectivity index (χ1n) is 22.7. The van der Waals surface area contributed by atoms with Crippen molar-refractivity contribution in [1.29, 1.82) is 0 Å². The molecule has 0 saturated heterocycles. The molecule has 2 atom stereocenters. The highest BCUT2D eigenvalue weighted by Crippen LogP contribution is 2.42. The Labute approximate surface area is 377 Å². The Hall–Kier alpha value is -4.71. The number of isocyanates is 1. The maximum atomic E-state index is 13.0. The average molecular weight is 915 g/mol. The zero-order valence-corrected chi connectivity index (χ0v) is 39.5. The second-order valence-electron chi connectivity index (χ2n) is 18.7. The number of aryl methyl sites for hydroxylation is 4. The lowest BCUT2D eigenvalue weighted by atomic mass is 9.99. The molecule has 2 amide bonds. The van der Waals surface area contributed by atoms with E-state index in [0.29, 0.717) is 6.04 Å². The minimum absolute atomic E-state index is 0.00960. The maximum absolute atomic E-state index is 13.0. The van der Waals surface area contributed by atoms with Crippen molar-refractivity contribution in [2.45, 2.75) is 151 Å².